The molecule has 0 aromatic heterocycles. The molecule has 0 aliphatic carbocycles. The third-order valence-corrected chi connectivity index (χ3v) is 4.77. The molecule has 0 saturated carbocycles. The van der Waals surface area contributed by atoms with Crippen molar-refractivity contribution in [2.45, 2.75) is 46.5 Å². The van der Waals surface area contributed by atoms with Gasteiger partial charge >= 0.3 is 0 Å². The van der Waals surface area contributed by atoms with Crippen molar-refractivity contribution in [3.63, 3.8) is 0 Å². The van der Waals surface area contributed by atoms with Crippen LogP contribution in [0.3, 0.4) is 0 Å². The maximum absolute atomic E-state index is 12.3. The fraction of sp³-hybridized carbons (Fsp3) is 0.364. The molecule has 1 N–H and O–H groups in total. The van der Waals surface area contributed by atoms with E-state index in [1.807, 2.05) is 19.1 Å². The number of ether oxygens (including phenoxy) is 1. The molecule has 2 aromatic rings. The molecular weight excluding hydrogens is 362 g/mol. The Labute approximate surface area is 165 Å². The van der Waals surface area contributed by atoms with E-state index in [1.165, 1.54) is 6.92 Å². The highest BCUT2D eigenvalue weighted by Gasteiger charge is 2.13. The first kappa shape index (κ1) is 21.0. The molecule has 2 rings (SSSR count). The van der Waals surface area contributed by atoms with Crippen LogP contribution in [0.1, 0.15) is 55.1 Å². The molecule has 2 aromatic carbocycles. The highest BCUT2D eigenvalue weighted by molar-refractivity contribution is 6.32. The van der Waals surface area contributed by atoms with Crippen LogP contribution in [0, 0.1) is 0 Å². The third-order valence-electron chi connectivity index (χ3n) is 4.42. The summed E-state index contributed by atoms with van der Waals surface area (Å²) in [5.74, 6) is 0.672. The van der Waals surface area contributed by atoms with E-state index in [0.717, 1.165) is 29.7 Å². The summed E-state index contributed by atoms with van der Waals surface area (Å²) in [5, 5.41) is 3.71. The van der Waals surface area contributed by atoms with Crippen LogP contribution in [0.5, 0.6) is 5.75 Å². The van der Waals surface area contributed by atoms with E-state index in [1.54, 1.807) is 24.3 Å². The minimum Gasteiger partial charge on any atom is -0.494 e. The second-order valence-electron chi connectivity index (χ2n) is 6.35. The second-order valence-corrected chi connectivity index (χ2v) is 6.76. The highest BCUT2D eigenvalue weighted by atomic mass is 35.5. The quantitative estimate of drug-likeness (QED) is 0.458. The molecule has 144 valence electrons. The van der Waals surface area contributed by atoms with Gasteiger partial charge in [0.1, 0.15) is 5.75 Å². The smallest absolute Gasteiger partial charge is 0.224 e. The van der Waals surface area contributed by atoms with E-state index in [-0.39, 0.29) is 11.7 Å². The number of nitrogens with one attached hydrogen (secondary N) is 1. The van der Waals surface area contributed by atoms with Crippen molar-refractivity contribution in [3.8, 4) is 5.75 Å². The first-order valence-electron chi connectivity index (χ1n) is 9.30. The summed E-state index contributed by atoms with van der Waals surface area (Å²) in [6, 6.07) is 10.9. The standard InChI is InChI=1S/C22H26ClNO3/c1-4-16-10-13-20(23)19(5-2)22(16)24-21(26)7-6-14-27-18-11-8-17(9-12-18)15(3)25/h8-13H,4-7,14H2,1-3H3,(H,24,26). The zero-order chi connectivity index (χ0) is 19.8. The number of Topliss-reactive ketones (excluding diaryl/α,β-unsaturated/α-hetero) is 1. The third kappa shape index (κ3) is 5.83. The Kier molecular flexibility index (Phi) is 7.86. The van der Waals surface area contributed by atoms with Gasteiger partial charge in [0, 0.05) is 22.7 Å². The lowest BCUT2D eigenvalue weighted by Crippen LogP contribution is -2.15. The summed E-state index contributed by atoms with van der Waals surface area (Å²) < 4.78 is 5.64. The van der Waals surface area contributed by atoms with Crippen LogP contribution in [-0.4, -0.2) is 18.3 Å². The van der Waals surface area contributed by atoms with E-state index in [2.05, 4.69) is 12.2 Å². The molecular formula is C22H26ClNO3. The Morgan fingerprint density at radius 2 is 1.74 bits per heavy atom. The lowest BCUT2D eigenvalue weighted by molar-refractivity contribution is -0.116. The molecule has 0 heterocycles. The summed E-state index contributed by atoms with van der Waals surface area (Å²) in [4.78, 5) is 23.6. The van der Waals surface area contributed by atoms with Gasteiger partial charge in [0.25, 0.3) is 0 Å². The molecule has 27 heavy (non-hydrogen) atoms. The Balaban J connectivity index is 1.86. The van der Waals surface area contributed by atoms with Crippen molar-refractivity contribution in [3.05, 3.63) is 58.1 Å². The largest absolute Gasteiger partial charge is 0.494 e. The molecule has 4 nitrogen and oxygen atoms in total. The van der Waals surface area contributed by atoms with E-state index < -0.39 is 0 Å². The van der Waals surface area contributed by atoms with Crippen LogP contribution in [0.25, 0.3) is 0 Å². The predicted molar refractivity (Wildman–Crippen MR) is 110 cm³/mol. The minimum absolute atomic E-state index is 0.0251. The van der Waals surface area contributed by atoms with Gasteiger partial charge in [-0.05, 0) is 67.6 Å². The monoisotopic (exact) mass is 387 g/mol. The highest BCUT2D eigenvalue weighted by Crippen LogP contribution is 2.29. The van der Waals surface area contributed by atoms with Gasteiger partial charge in [-0.2, -0.15) is 0 Å². The van der Waals surface area contributed by atoms with Gasteiger partial charge in [-0.25, -0.2) is 0 Å². The first-order chi connectivity index (χ1) is 13.0. The molecule has 0 aliphatic rings. The molecule has 0 saturated heterocycles. The summed E-state index contributed by atoms with van der Waals surface area (Å²) in [7, 11) is 0. The number of rotatable bonds is 9. The molecule has 0 aliphatic heterocycles. The van der Waals surface area contributed by atoms with Gasteiger partial charge in [0.05, 0.1) is 6.61 Å². The van der Waals surface area contributed by atoms with Gasteiger partial charge in [0.2, 0.25) is 5.91 Å². The topological polar surface area (TPSA) is 55.4 Å². The number of hydrogen-bond donors (Lipinski definition) is 1. The van der Waals surface area contributed by atoms with Crippen LogP contribution < -0.4 is 10.1 Å². The summed E-state index contributed by atoms with van der Waals surface area (Å²) in [6.45, 7) is 6.05. The average molecular weight is 388 g/mol. The number of ketones is 1. The van der Waals surface area contributed by atoms with E-state index in [4.69, 9.17) is 16.3 Å². The van der Waals surface area contributed by atoms with Crippen molar-refractivity contribution in [2.24, 2.45) is 0 Å². The lowest BCUT2D eigenvalue weighted by Gasteiger charge is -2.16. The van der Waals surface area contributed by atoms with E-state index in [0.29, 0.717) is 35.8 Å². The van der Waals surface area contributed by atoms with Crippen molar-refractivity contribution in [1.82, 2.24) is 0 Å². The van der Waals surface area contributed by atoms with Crippen LogP contribution in [0.2, 0.25) is 5.02 Å². The molecule has 0 spiro atoms. The fourth-order valence-corrected chi connectivity index (χ4v) is 3.17. The van der Waals surface area contributed by atoms with Crippen LogP contribution >= 0.6 is 11.6 Å². The van der Waals surface area contributed by atoms with Gasteiger partial charge in [-0.3, -0.25) is 9.59 Å². The van der Waals surface area contributed by atoms with Crippen molar-refractivity contribution >= 4 is 29.0 Å². The molecule has 0 unspecified atom stereocenters. The SMILES string of the molecule is CCc1ccc(Cl)c(CC)c1NC(=O)CCCOc1ccc(C(C)=O)cc1. The number of carbonyl (C=O) groups is 2. The number of hydrogen-bond acceptors (Lipinski definition) is 3. The number of carbonyl (C=O) groups excluding carboxylic acids is 2. The zero-order valence-electron chi connectivity index (χ0n) is 16.1. The number of halogens is 1. The maximum Gasteiger partial charge on any atom is 0.224 e. The molecule has 1 amide bonds. The number of amides is 1. The predicted octanol–water partition coefficient (Wildman–Crippen LogP) is 5.47. The van der Waals surface area contributed by atoms with Gasteiger partial charge < -0.3 is 10.1 Å². The fourth-order valence-electron chi connectivity index (χ4n) is 2.88. The van der Waals surface area contributed by atoms with Crippen LogP contribution in [0.4, 0.5) is 5.69 Å². The van der Waals surface area contributed by atoms with Gasteiger partial charge in [-0.15, -0.1) is 0 Å². The van der Waals surface area contributed by atoms with E-state index >= 15 is 0 Å². The summed E-state index contributed by atoms with van der Waals surface area (Å²) in [5.41, 5.74) is 3.57. The molecule has 5 heteroatoms. The van der Waals surface area contributed by atoms with Crippen LogP contribution in [-0.2, 0) is 17.6 Å². The Bertz CT molecular complexity index is 800. The Hall–Kier alpha value is -2.33. The summed E-state index contributed by atoms with van der Waals surface area (Å²) >= 11 is 6.27. The number of anilines is 1. The molecule has 0 radical (unpaired) electrons. The average Bonchev–Trinajstić information content (AvgIpc) is 2.66. The number of benzene rings is 2. The second kappa shape index (κ2) is 10.1. The van der Waals surface area contributed by atoms with Crippen LogP contribution in [0.15, 0.2) is 36.4 Å². The van der Waals surface area contributed by atoms with Crippen molar-refractivity contribution in [1.29, 1.82) is 0 Å². The number of aryl methyl sites for hydroxylation is 1. The lowest BCUT2D eigenvalue weighted by atomic mass is 10.0. The van der Waals surface area contributed by atoms with Gasteiger partial charge in [-0.1, -0.05) is 31.5 Å². The Morgan fingerprint density at radius 3 is 2.33 bits per heavy atom. The first-order valence-corrected chi connectivity index (χ1v) is 9.67. The normalized spacial score (nSPS) is 10.5. The molecule has 0 bridgehead atoms. The molecule has 0 fully saturated rings. The summed E-state index contributed by atoms with van der Waals surface area (Å²) in [6.07, 6.45) is 2.56. The van der Waals surface area contributed by atoms with Crippen molar-refractivity contribution in [2.75, 3.05) is 11.9 Å². The van der Waals surface area contributed by atoms with E-state index in [9.17, 15) is 9.59 Å². The maximum atomic E-state index is 12.3. The minimum atomic E-state index is -0.0443. The Morgan fingerprint density at radius 1 is 1.04 bits per heavy atom. The van der Waals surface area contributed by atoms with Crippen molar-refractivity contribution < 1.29 is 14.3 Å². The van der Waals surface area contributed by atoms with Gasteiger partial charge in [0.15, 0.2) is 5.78 Å². The zero-order valence-corrected chi connectivity index (χ0v) is 16.9. The molecule has 0 atom stereocenters.